The van der Waals surface area contributed by atoms with Gasteiger partial charge in [0.25, 0.3) is 0 Å². The monoisotopic (exact) mass is 207 g/mol. The molecule has 1 aliphatic rings. The van der Waals surface area contributed by atoms with Gasteiger partial charge in [-0.2, -0.15) is 0 Å². The summed E-state index contributed by atoms with van der Waals surface area (Å²) in [5.74, 6) is -0.257. The molecule has 1 saturated heterocycles. The van der Waals surface area contributed by atoms with Gasteiger partial charge in [-0.15, -0.1) is 15.1 Å². The maximum Gasteiger partial charge on any atom is 0.306 e. The number of carbonyl (C=O) groups is 1. The summed E-state index contributed by atoms with van der Waals surface area (Å²) in [6.07, 6.45) is 1.81. The molecule has 0 amide bonds. The van der Waals surface area contributed by atoms with Crippen LogP contribution in [0.15, 0.2) is 4.58 Å². The van der Waals surface area contributed by atoms with Crippen LogP contribution < -0.4 is 0 Å². The number of hydrogen-bond acceptors (Lipinski definition) is 4. The molecule has 0 spiro atoms. The summed E-state index contributed by atoms with van der Waals surface area (Å²) >= 11 is 0. The zero-order chi connectivity index (χ0) is 10.1. The van der Waals surface area contributed by atoms with Gasteiger partial charge in [0.15, 0.2) is 0 Å². The molecular weight excluding hydrogens is 194 g/mol. The number of carboxylic acids is 1. The van der Waals surface area contributed by atoms with Crippen molar-refractivity contribution in [2.45, 2.75) is 18.4 Å². The minimum Gasteiger partial charge on any atom is -0.481 e. The molecule has 0 aliphatic carbocycles. The average Bonchev–Trinajstić information content (AvgIpc) is 2.27. The normalized spacial score (nSPS) is 43.8. The van der Waals surface area contributed by atoms with E-state index in [9.17, 15) is 14.8 Å². The van der Waals surface area contributed by atoms with Crippen LogP contribution in [-0.2, 0) is 4.79 Å². The van der Waals surface area contributed by atoms with Crippen LogP contribution in [0.5, 0.6) is 0 Å². The topological polar surface area (TPSA) is 87.0 Å². The highest BCUT2D eigenvalue weighted by atomic mass is 32.3. The molecule has 0 saturated carbocycles. The number of aliphatic hydroxyl groups is 1. The van der Waals surface area contributed by atoms with Crippen LogP contribution in [0.2, 0.25) is 0 Å². The van der Waals surface area contributed by atoms with Crippen LogP contribution in [0.4, 0.5) is 0 Å². The van der Waals surface area contributed by atoms with Crippen molar-refractivity contribution in [2.24, 2.45) is 4.58 Å². The molecule has 0 aromatic carbocycles. The number of hydrogen-bond donors (Lipinski definition) is 2. The zero-order valence-corrected chi connectivity index (χ0v) is 8.21. The fourth-order valence-electron chi connectivity index (χ4n) is 1.62. The molecule has 76 valence electrons. The number of carboxylic acid groups (broad SMARTS) is 1. The summed E-state index contributed by atoms with van der Waals surface area (Å²) in [4.78, 5) is 20.8. The van der Waals surface area contributed by atoms with Gasteiger partial charge in [-0.3, -0.25) is 4.79 Å². The second-order valence-electron chi connectivity index (χ2n) is 3.69. The quantitative estimate of drug-likeness (QED) is 0.667. The van der Waals surface area contributed by atoms with Gasteiger partial charge < -0.3 is 10.2 Å². The molecule has 0 aromatic rings. The summed E-state index contributed by atoms with van der Waals surface area (Å²) in [5, 5.41) is 18.3. The predicted molar refractivity (Wildman–Crippen MR) is 50.9 cm³/mol. The van der Waals surface area contributed by atoms with Gasteiger partial charge in [-0.1, -0.05) is 0 Å². The van der Waals surface area contributed by atoms with Gasteiger partial charge in [0, 0.05) is 11.5 Å². The second-order valence-corrected chi connectivity index (χ2v) is 6.98. The lowest BCUT2D eigenvalue weighted by molar-refractivity contribution is -0.141. The van der Waals surface area contributed by atoms with E-state index in [1.807, 2.05) is 0 Å². The Morgan fingerprint density at radius 1 is 1.69 bits per heavy atom. The highest BCUT2D eigenvalue weighted by Crippen LogP contribution is 2.55. The molecule has 0 radical (unpaired) electrons. The lowest BCUT2D eigenvalue weighted by Crippen LogP contribution is -2.32. The molecule has 1 heterocycles. The summed E-state index contributed by atoms with van der Waals surface area (Å²) in [7, 11) is -1.64. The molecule has 1 fully saturated rings. The number of nitrogens with zero attached hydrogens (tertiary/aromatic N) is 1. The zero-order valence-electron chi connectivity index (χ0n) is 7.39. The molecule has 6 heteroatoms. The largest absolute Gasteiger partial charge is 0.481 e. The van der Waals surface area contributed by atoms with Crippen molar-refractivity contribution in [1.29, 1.82) is 0 Å². The maximum absolute atomic E-state index is 10.4. The van der Waals surface area contributed by atoms with E-state index in [1.54, 1.807) is 6.26 Å². The van der Waals surface area contributed by atoms with Crippen LogP contribution in [0, 0.1) is 4.91 Å². The van der Waals surface area contributed by atoms with Crippen molar-refractivity contribution in [3.8, 4) is 0 Å². The summed E-state index contributed by atoms with van der Waals surface area (Å²) in [6, 6.07) is 0. The van der Waals surface area contributed by atoms with E-state index in [4.69, 9.17) is 5.11 Å². The van der Waals surface area contributed by atoms with E-state index in [-0.39, 0.29) is 12.2 Å². The fraction of sp³-hybridized carbons (Fsp3) is 0.857. The van der Waals surface area contributed by atoms with E-state index in [2.05, 4.69) is 4.58 Å². The molecule has 2 atom stereocenters. The first-order valence-corrected chi connectivity index (χ1v) is 6.25. The Bertz CT molecular complexity index is 247. The van der Waals surface area contributed by atoms with Crippen molar-refractivity contribution < 1.29 is 15.0 Å². The molecule has 5 nitrogen and oxygen atoms in total. The van der Waals surface area contributed by atoms with E-state index in [0.717, 1.165) is 0 Å². The number of aliphatic carboxylic acids is 1. The van der Waals surface area contributed by atoms with E-state index in [1.165, 1.54) is 0 Å². The first kappa shape index (κ1) is 10.5. The Labute approximate surface area is 77.6 Å². The number of nitroso groups, excluding NO2 is 1. The molecular formula is C7H13NO4S. The fourth-order valence-corrected chi connectivity index (χ4v) is 4.11. The van der Waals surface area contributed by atoms with Gasteiger partial charge in [0.1, 0.15) is 0 Å². The van der Waals surface area contributed by atoms with Gasteiger partial charge >= 0.3 is 5.97 Å². The minimum atomic E-state index is -1.64. The molecule has 1 aliphatic heterocycles. The van der Waals surface area contributed by atoms with Crippen molar-refractivity contribution >= 4 is 16.2 Å². The Morgan fingerprint density at radius 3 is 2.69 bits per heavy atom. The van der Waals surface area contributed by atoms with E-state index < -0.39 is 21.8 Å². The first-order chi connectivity index (χ1) is 5.89. The number of rotatable bonds is 3. The van der Waals surface area contributed by atoms with Gasteiger partial charge in [0.2, 0.25) is 0 Å². The van der Waals surface area contributed by atoms with Crippen molar-refractivity contribution in [3.63, 3.8) is 0 Å². The molecule has 2 unspecified atom stereocenters. The molecule has 13 heavy (non-hydrogen) atoms. The standard InChI is InChI=1S/C7H13NO4S/c1-13(8-12)3-2-7(11,5-13)4-6(9)10/h11H,2-5H2,1H3,(H,9,10). The van der Waals surface area contributed by atoms with Crippen molar-refractivity contribution in [2.75, 3.05) is 17.8 Å². The predicted octanol–water partition coefficient (Wildman–Crippen LogP) is 0.712. The molecule has 2 N–H and O–H groups in total. The Balaban J connectivity index is 2.66. The van der Waals surface area contributed by atoms with Crippen LogP contribution in [0.3, 0.4) is 0 Å². The third-order valence-electron chi connectivity index (χ3n) is 2.25. The highest BCUT2D eigenvalue weighted by Gasteiger charge is 2.43. The van der Waals surface area contributed by atoms with Gasteiger partial charge in [-0.25, -0.2) is 0 Å². The van der Waals surface area contributed by atoms with Crippen LogP contribution >= 0.6 is 10.2 Å². The molecule has 0 aromatic heterocycles. The summed E-state index contributed by atoms with van der Waals surface area (Å²) < 4.78 is 3.00. The van der Waals surface area contributed by atoms with Crippen molar-refractivity contribution in [3.05, 3.63) is 4.91 Å². The lowest BCUT2D eigenvalue weighted by atomic mass is 10.00. The van der Waals surface area contributed by atoms with E-state index in [0.29, 0.717) is 12.2 Å². The molecule has 0 bridgehead atoms. The van der Waals surface area contributed by atoms with Gasteiger partial charge in [0.05, 0.1) is 12.0 Å². The molecule has 1 rings (SSSR count). The SMILES string of the molecule is CS1(N=O)CCC(O)(CC(=O)O)C1. The summed E-state index contributed by atoms with van der Waals surface area (Å²) in [5.41, 5.74) is -1.20. The minimum absolute atomic E-state index is 0.232. The second kappa shape index (κ2) is 3.26. The Kier molecular flexibility index (Phi) is 2.63. The maximum atomic E-state index is 10.4. The highest BCUT2D eigenvalue weighted by molar-refractivity contribution is 8.32. The lowest BCUT2D eigenvalue weighted by Gasteiger charge is -2.24. The summed E-state index contributed by atoms with van der Waals surface area (Å²) in [6.45, 7) is 0. The van der Waals surface area contributed by atoms with Crippen molar-refractivity contribution in [1.82, 2.24) is 0 Å². The van der Waals surface area contributed by atoms with Gasteiger partial charge in [-0.05, 0) is 17.3 Å². The van der Waals surface area contributed by atoms with E-state index >= 15 is 0 Å². The average molecular weight is 207 g/mol. The third-order valence-corrected chi connectivity index (χ3v) is 4.85. The Morgan fingerprint density at radius 2 is 2.31 bits per heavy atom. The van der Waals surface area contributed by atoms with Crippen LogP contribution in [0.1, 0.15) is 12.8 Å². The smallest absolute Gasteiger partial charge is 0.306 e. The first-order valence-electron chi connectivity index (χ1n) is 3.92. The van der Waals surface area contributed by atoms with Crippen LogP contribution in [-0.4, -0.2) is 39.5 Å². The van der Waals surface area contributed by atoms with Crippen LogP contribution in [0.25, 0.3) is 0 Å². The third kappa shape index (κ3) is 2.41. The Hall–Kier alpha value is -0.620.